The lowest BCUT2D eigenvalue weighted by Gasteiger charge is -2.24. The number of benzene rings is 2. The van der Waals surface area contributed by atoms with Gasteiger partial charge in [0.15, 0.2) is 17.7 Å². The zero-order chi connectivity index (χ0) is 23.6. The molecule has 2 rings (SSSR count). The molecule has 32 heavy (non-hydrogen) atoms. The number of hydrogen-bond donors (Lipinski definition) is 2. The number of carbonyl (C=O) groups excluding carboxylic acids is 2. The lowest BCUT2D eigenvalue weighted by molar-refractivity contribution is -0.161. The SMILES string of the molecule is COc1cc(CC(=O)NC(CCc2ccccc2)OC(=O)C(C)(C)C)ccc1OCCN. The van der Waals surface area contributed by atoms with E-state index >= 15 is 0 Å². The second-order valence-electron chi connectivity index (χ2n) is 8.53. The largest absolute Gasteiger partial charge is 0.493 e. The molecule has 7 nitrogen and oxygen atoms in total. The molecule has 0 bridgehead atoms. The summed E-state index contributed by atoms with van der Waals surface area (Å²) in [7, 11) is 1.54. The predicted molar refractivity (Wildman–Crippen MR) is 123 cm³/mol. The van der Waals surface area contributed by atoms with Gasteiger partial charge in [-0.25, -0.2) is 0 Å². The lowest BCUT2D eigenvalue weighted by Crippen LogP contribution is -2.41. The average Bonchev–Trinajstić information content (AvgIpc) is 2.76. The molecule has 174 valence electrons. The number of hydrogen-bond acceptors (Lipinski definition) is 6. The topological polar surface area (TPSA) is 99.9 Å². The monoisotopic (exact) mass is 442 g/mol. The second-order valence-corrected chi connectivity index (χ2v) is 8.53. The molecule has 2 aromatic rings. The summed E-state index contributed by atoms with van der Waals surface area (Å²) in [5.41, 5.74) is 6.68. The number of nitrogens with one attached hydrogen (secondary N) is 1. The van der Waals surface area contributed by atoms with Gasteiger partial charge in [-0.2, -0.15) is 0 Å². The van der Waals surface area contributed by atoms with Gasteiger partial charge < -0.3 is 25.3 Å². The van der Waals surface area contributed by atoms with Crippen molar-refractivity contribution in [3.8, 4) is 11.5 Å². The molecule has 0 aliphatic heterocycles. The number of esters is 1. The molecular formula is C25H34N2O5. The maximum absolute atomic E-state index is 12.7. The molecule has 1 atom stereocenters. The lowest BCUT2D eigenvalue weighted by atomic mass is 9.97. The van der Waals surface area contributed by atoms with Crippen molar-refractivity contribution in [1.29, 1.82) is 0 Å². The molecular weight excluding hydrogens is 408 g/mol. The Hall–Kier alpha value is -3.06. The molecule has 3 N–H and O–H groups in total. The number of amides is 1. The van der Waals surface area contributed by atoms with Crippen molar-refractivity contribution >= 4 is 11.9 Å². The first-order valence-electron chi connectivity index (χ1n) is 10.8. The number of aryl methyl sites for hydroxylation is 1. The first-order valence-corrected chi connectivity index (χ1v) is 10.8. The molecule has 0 saturated carbocycles. The van der Waals surface area contributed by atoms with Crippen LogP contribution in [0.1, 0.15) is 38.3 Å². The summed E-state index contributed by atoms with van der Waals surface area (Å²) in [6, 6.07) is 15.2. The summed E-state index contributed by atoms with van der Waals surface area (Å²) in [6.45, 7) is 6.12. The summed E-state index contributed by atoms with van der Waals surface area (Å²) in [5.74, 6) is 0.492. The highest BCUT2D eigenvalue weighted by Gasteiger charge is 2.27. The third-order valence-electron chi connectivity index (χ3n) is 4.69. The Labute approximate surface area is 190 Å². The van der Waals surface area contributed by atoms with Crippen molar-refractivity contribution in [3.63, 3.8) is 0 Å². The van der Waals surface area contributed by atoms with Crippen molar-refractivity contribution in [1.82, 2.24) is 5.32 Å². The zero-order valence-corrected chi connectivity index (χ0v) is 19.4. The van der Waals surface area contributed by atoms with Crippen LogP contribution in [0.5, 0.6) is 11.5 Å². The van der Waals surface area contributed by atoms with Crippen molar-refractivity contribution < 1.29 is 23.8 Å². The fraction of sp³-hybridized carbons (Fsp3) is 0.440. The minimum atomic E-state index is -0.719. The van der Waals surface area contributed by atoms with Crippen LogP contribution in [0.4, 0.5) is 0 Å². The van der Waals surface area contributed by atoms with Crippen LogP contribution >= 0.6 is 0 Å². The normalized spacial score (nSPS) is 12.0. The highest BCUT2D eigenvalue weighted by molar-refractivity contribution is 5.80. The minimum absolute atomic E-state index is 0.114. The number of ether oxygens (including phenoxy) is 3. The average molecular weight is 443 g/mol. The molecule has 0 fully saturated rings. The smallest absolute Gasteiger partial charge is 0.313 e. The molecule has 0 aliphatic rings. The Morgan fingerprint density at radius 1 is 1.03 bits per heavy atom. The Balaban J connectivity index is 2.05. The molecule has 7 heteroatoms. The summed E-state index contributed by atoms with van der Waals surface area (Å²) in [5, 5.41) is 2.85. The van der Waals surface area contributed by atoms with E-state index in [1.54, 1.807) is 46.1 Å². The molecule has 0 aliphatic carbocycles. The van der Waals surface area contributed by atoms with Gasteiger partial charge in [0, 0.05) is 13.0 Å². The maximum atomic E-state index is 12.7. The molecule has 1 unspecified atom stereocenters. The van der Waals surface area contributed by atoms with Crippen LogP contribution in [0.2, 0.25) is 0 Å². The highest BCUT2D eigenvalue weighted by atomic mass is 16.6. The van der Waals surface area contributed by atoms with Crippen molar-refractivity contribution in [2.75, 3.05) is 20.3 Å². The van der Waals surface area contributed by atoms with E-state index in [4.69, 9.17) is 19.9 Å². The van der Waals surface area contributed by atoms with Crippen LogP contribution in [0.25, 0.3) is 0 Å². The summed E-state index contributed by atoms with van der Waals surface area (Å²) in [4.78, 5) is 25.2. The number of methoxy groups -OCH3 is 1. The summed E-state index contributed by atoms with van der Waals surface area (Å²) < 4.78 is 16.5. The summed E-state index contributed by atoms with van der Waals surface area (Å²) >= 11 is 0. The van der Waals surface area contributed by atoms with Crippen molar-refractivity contribution in [3.05, 3.63) is 59.7 Å². The zero-order valence-electron chi connectivity index (χ0n) is 19.4. The van der Waals surface area contributed by atoms with Gasteiger partial charge in [-0.15, -0.1) is 0 Å². The van der Waals surface area contributed by atoms with Crippen LogP contribution < -0.4 is 20.5 Å². The Bertz CT molecular complexity index is 878. The number of nitrogens with two attached hydrogens (primary N) is 1. The fourth-order valence-electron chi connectivity index (χ4n) is 2.94. The van der Waals surface area contributed by atoms with E-state index in [0.29, 0.717) is 37.5 Å². The Morgan fingerprint density at radius 3 is 2.38 bits per heavy atom. The molecule has 0 heterocycles. The van der Waals surface area contributed by atoms with E-state index in [-0.39, 0.29) is 18.3 Å². The van der Waals surface area contributed by atoms with Crippen molar-refractivity contribution in [2.45, 2.75) is 46.3 Å². The van der Waals surface area contributed by atoms with E-state index in [1.165, 1.54) is 0 Å². The van der Waals surface area contributed by atoms with Gasteiger partial charge in [0.05, 0.1) is 18.9 Å². The van der Waals surface area contributed by atoms with E-state index in [2.05, 4.69) is 5.32 Å². The van der Waals surface area contributed by atoms with Crippen LogP contribution in [-0.2, 0) is 27.2 Å². The maximum Gasteiger partial charge on any atom is 0.313 e. The minimum Gasteiger partial charge on any atom is -0.493 e. The van der Waals surface area contributed by atoms with Crippen LogP contribution in [0, 0.1) is 5.41 Å². The molecule has 1 amide bonds. The fourth-order valence-corrected chi connectivity index (χ4v) is 2.94. The van der Waals surface area contributed by atoms with Gasteiger partial charge in [-0.3, -0.25) is 9.59 Å². The van der Waals surface area contributed by atoms with E-state index in [0.717, 1.165) is 11.1 Å². The third kappa shape index (κ3) is 8.23. The van der Waals surface area contributed by atoms with Crippen LogP contribution in [0.15, 0.2) is 48.5 Å². The van der Waals surface area contributed by atoms with E-state index < -0.39 is 11.6 Å². The third-order valence-corrected chi connectivity index (χ3v) is 4.69. The van der Waals surface area contributed by atoms with Gasteiger partial charge in [0.2, 0.25) is 5.91 Å². The van der Waals surface area contributed by atoms with Crippen molar-refractivity contribution in [2.24, 2.45) is 11.1 Å². The molecule has 0 saturated heterocycles. The number of carbonyl (C=O) groups is 2. The molecule has 2 aromatic carbocycles. The van der Waals surface area contributed by atoms with Gasteiger partial charge >= 0.3 is 5.97 Å². The highest BCUT2D eigenvalue weighted by Crippen LogP contribution is 2.28. The number of rotatable bonds is 11. The predicted octanol–water partition coefficient (Wildman–Crippen LogP) is 3.24. The van der Waals surface area contributed by atoms with Crippen LogP contribution in [0.3, 0.4) is 0 Å². The molecule has 0 radical (unpaired) electrons. The molecule has 0 spiro atoms. The first-order chi connectivity index (χ1) is 15.2. The van der Waals surface area contributed by atoms with Crippen LogP contribution in [-0.4, -0.2) is 38.4 Å². The first kappa shape index (κ1) is 25.2. The quantitative estimate of drug-likeness (QED) is 0.409. The van der Waals surface area contributed by atoms with Gasteiger partial charge in [0.25, 0.3) is 0 Å². The standard InChI is InChI=1S/C25H34N2O5/c1-25(2,3)24(29)32-23(13-11-18-8-6-5-7-9-18)27-22(28)17-19-10-12-20(31-15-14-26)21(16-19)30-4/h5-10,12,16,23H,11,13-15,17,26H2,1-4H3,(H,27,28). The van der Waals surface area contributed by atoms with Gasteiger partial charge in [-0.05, 0) is 50.5 Å². The summed E-state index contributed by atoms with van der Waals surface area (Å²) in [6.07, 6.45) is 0.544. The Kier molecular flexibility index (Phi) is 9.53. The van der Waals surface area contributed by atoms with E-state index in [9.17, 15) is 9.59 Å². The second kappa shape index (κ2) is 12.1. The van der Waals surface area contributed by atoms with E-state index in [1.807, 2.05) is 30.3 Å². The van der Waals surface area contributed by atoms with Gasteiger partial charge in [-0.1, -0.05) is 36.4 Å². The Morgan fingerprint density at radius 2 is 1.75 bits per heavy atom. The molecule has 0 aromatic heterocycles. The van der Waals surface area contributed by atoms with Gasteiger partial charge in [0.1, 0.15) is 6.61 Å².